The van der Waals surface area contributed by atoms with Crippen LogP contribution in [0.1, 0.15) is 17.0 Å². The van der Waals surface area contributed by atoms with Crippen LogP contribution in [-0.4, -0.2) is 18.0 Å². The van der Waals surface area contributed by atoms with Gasteiger partial charge in [0.15, 0.2) is 5.92 Å². The molecule has 0 amide bonds. The Morgan fingerprint density at radius 1 is 1.50 bits per heavy atom. The summed E-state index contributed by atoms with van der Waals surface area (Å²) in [5, 5.41) is 19.6. The maximum absolute atomic E-state index is 12.5. The lowest BCUT2D eigenvalue weighted by atomic mass is 9.97. The predicted molar refractivity (Wildman–Crippen MR) is 58.5 cm³/mol. The zero-order valence-electron chi connectivity index (χ0n) is 9.97. The Balaban J connectivity index is 3.45. The molecule has 0 bridgehead atoms. The van der Waals surface area contributed by atoms with Gasteiger partial charge in [-0.05, 0) is 12.1 Å². The summed E-state index contributed by atoms with van der Waals surface area (Å²) in [4.78, 5) is 21.0. The van der Waals surface area contributed by atoms with Crippen LogP contribution in [0.25, 0.3) is 0 Å². The molecule has 1 rings (SSSR count). The van der Waals surface area contributed by atoms with Crippen molar-refractivity contribution in [3.63, 3.8) is 0 Å². The molecule has 106 valence electrons. The van der Waals surface area contributed by atoms with E-state index in [1.165, 1.54) is 6.07 Å². The normalized spacial score (nSPS) is 12.3. The van der Waals surface area contributed by atoms with Gasteiger partial charge in [-0.2, -0.15) is 18.4 Å². The first-order valence-electron chi connectivity index (χ1n) is 5.05. The third kappa shape index (κ3) is 3.03. The number of nitro benzene ring substituents is 1. The Kier molecular flexibility index (Phi) is 4.29. The number of rotatable bonds is 3. The molecule has 6 nitrogen and oxygen atoms in total. The van der Waals surface area contributed by atoms with Gasteiger partial charge in [0.05, 0.1) is 29.2 Å². The molecule has 0 aliphatic carbocycles. The highest BCUT2D eigenvalue weighted by Crippen LogP contribution is 2.35. The SMILES string of the molecule is COC(=O)C(C#N)c1ccc(C(F)(F)F)cc1[N+](=O)[O-]. The zero-order chi connectivity index (χ0) is 15.5. The molecular formula is C11H7F3N2O4. The van der Waals surface area contributed by atoms with E-state index in [2.05, 4.69) is 4.74 Å². The molecule has 1 atom stereocenters. The van der Waals surface area contributed by atoms with Crippen LogP contribution >= 0.6 is 0 Å². The standard InChI is InChI=1S/C11H7F3N2O4/c1-20-10(17)8(5-15)7-3-2-6(11(12,13)14)4-9(7)16(18)19/h2-4,8H,1H3. The summed E-state index contributed by atoms with van der Waals surface area (Å²) in [6.45, 7) is 0. The summed E-state index contributed by atoms with van der Waals surface area (Å²) in [7, 11) is 0.961. The molecule has 0 aromatic heterocycles. The Morgan fingerprint density at radius 3 is 2.50 bits per heavy atom. The Bertz CT molecular complexity index is 592. The maximum atomic E-state index is 12.5. The van der Waals surface area contributed by atoms with Crippen molar-refractivity contribution in [2.45, 2.75) is 12.1 Å². The van der Waals surface area contributed by atoms with Gasteiger partial charge in [0.2, 0.25) is 0 Å². The fourth-order valence-electron chi connectivity index (χ4n) is 1.49. The van der Waals surface area contributed by atoms with Crippen molar-refractivity contribution in [2.75, 3.05) is 7.11 Å². The average molecular weight is 288 g/mol. The molecule has 0 aliphatic rings. The van der Waals surface area contributed by atoms with Crippen LogP contribution < -0.4 is 0 Å². The molecule has 0 radical (unpaired) electrons. The Labute approximate surface area is 110 Å². The minimum atomic E-state index is -4.77. The molecule has 0 saturated carbocycles. The van der Waals surface area contributed by atoms with Crippen molar-refractivity contribution in [1.29, 1.82) is 5.26 Å². The van der Waals surface area contributed by atoms with E-state index in [9.17, 15) is 28.1 Å². The highest BCUT2D eigenvalue weighted by molar-refractivity contribution is 5.82. The van der Waals surface area contributed by atoms with Gasteiger partial charge in [-0.15, -0.1) is 0 Å². The number of carbonyl (C=O) groups excluding carboxylic acids is 1. The second kappa shape index (κ2) is 5.56. The topological polar surface area (TPSA) is 93.2 Å². The fraction of sp³-hybridized carbons (Fsp3) is 0.273. The smallest absolute Gasteiger partial charge is 0.416 e. The van der Waals surface area contributed by atoms with Crippen molar-refractivity contribution in [3.8, 4) is 6.07 Å². The third-order valence-corrected chi connectivity index (χ3v) is 2.43. The van der Waals surface area contributed by atoms with Crippen molar-refractivity contribution in [2.24, 2.45) is 0 Å². The van der Waals surface area contributed by atoms with Gasteiger partial charge >= 0.3 is 12.1 Å². The van der Waals surface area contributed by atoms with Gasteiger partial charge in [0.1, 0.15) is 0 Å². The summed E-state index contributed by atoms with van der Waals surface area (Å²) >= 11 is 0. The molecule has 1 aromatic rings. The quantitative estimate of drug-likeness (QED) is 0.483. The first-order chi connectivity index (χ1) is 9.22. The first-order valence-corrected chi connectivity index (χ1v) is 5.05. The van der Waals surface area contributed by atoms with E-state index >= 15 is 0 Å². The van der Waals surface area contributed by atoms with E-state index < -0.39 is 39.8 Å². The number of nitrogens with zero attached hydrogens (tertiary/aromatic N) is 2. The van der Waals surface area contributed by atoms with Gasteiger partial charge in [-0.25, -0.2) is 0 Å². The van der Waals surface area contributed by atoms with Crippen molar-refractivity contribution in [1.82, 2.24) is 0 Å². The lowest BCUT2D eigenvalue weighted by molar-refractivity contribution is -0.385. The minimum absolute atomic E-state index is 0.280. The summed E-state index contributed by atoms with van der Waals surface area (Å²) < 4.78 is 41.8. The summed E-state index contributed by atoms with van der Waals surface area (Å²) in [6.07, 6.45) is -4.77. The molecule has 9 heteroatoms. The molecule has 0 aliphatic heterocycles. The van der Waals surface area contributed by atoms with E-state index in [-0.39, 0.29) is 6.07 Å². The van der Waals surface area contributed by atoms with E-state index in [0.717, 1.165) is 13.2 Å². The van der Waals surface area contributed by atoms with Crippen molar-refractivity contribution >= 4 is 11.7 Å². The third-order valence-electron chi connectivity index (χ3n) is 2.43. The van der Waals surface area contributed by atoms with E-state index in [4.69, 9.17) is 5.26 Å². The minimum Gasteiger partial charge on any atom is -0.468 e. The number of halogens is 3. The Morgan fingerprint density at radius 2 is 2.10 bits per heavy atom. The molecule has 0 heterocycles. The lowest BCUT2D eigenvalue weighted by Crippen LogP contribution is -2.15. The number of esters is 1. The van der Waals surface area contributed by atoms with Crippen molar-refractivity contribution < 1.29 is 27.6 Å². The molecule has 1 unspecified atom stereocenters. The summed E-state index contributed by atoms with van der Waals surface area (Å²) in [5.74, 6) is -2.75. The highest BCUT2D eigenvalue weighted by atomic mass is 19.4. The number of hydrogen-bond donors (Lipinski definition) is 0. The van der Waals surface area contributed by atoms with E-state index in [1.807, 2.05) is 0 Å². The van der Waals surface area contributed by atoms with Crippen LogP contribution in [0.3, 0.4) is 0 Å². The van der Waals surface area contributed by atoms with E-state index in [0.29, 0.717) is 6.07 Å². The zero-order valence-corrected chi connectivity index (χ0v) is 9.97. The van der Waals surface area contributed by atoms with Crippen LogP contribution in [0.2, 0.25) is 0 Å². The molecule has 0 fully saturated rings. The van der Waals surface area contributed by atoms with Crippen LogP contribution in [0.4, 0.5) is 18.9 Å². The van der Waals surface area contributed by atoms with Gasteiger partial charge in [-0.3, -0.25) is 14.9 Å². The molecular weight excluding hydrogens is 281 g/mol. The number of benzene rings is 1. The Hall–Kier alpha value is -2.63. The van der Waals surface area contributed by atoms with Crippen LogP contribution in [0.15, 0.2) is 18.2 Å². The average Bonchev–Trinajstić information content (AvgIpc) is 2.38. The molecule has 0 N–H and O–H groups in total. The van der Waals surface area contributed by atoms with Gasteiger partial charge in [0.25, 0.3) is 5.69 Å². The molecule has 1 aromatic carbocycles. The van der Waals surface area contributed by atoms with Gasteiger partial charge in [0, 0.05) is 6.07 Å². The number of alkyl halides is 3. The fourth-order valence-corrected chi connectivity index (χ4v) is 1.49. The number of hydrogen-bond acceptors (Lipinski definition) is 5. The number of methoxy groups -OCH3 is 1. The molecule has 20 heavy (non-hydrogen) atoms. The highest BCUT2D eigenvalue weighted by Gasteiger charge is 2.35. The van der Waals surface area contributed by atoms with Gasteiger partial charge in [-0.1, -0.05) is 0 Å². The predicted octanol–water partition coefficient (Wildman–Crippen LogP) is 2.39. The van der Waals surface area contributed by atoms with Crippen LogP contribution in [0.5, 0.6) is 0 Å². The monoisotopic (exact) mass is 288 g/mol. The summed E-state index contributed by atoms with van der Waals surface area (Å²) in [6, 6.07) is 3.04. The number of nitriles is 1. The summed E-state index contributed by atoms with van der Waals surface area (Å²) in [5.41, 5.74) is -2.65. The van der Waals surface area contributed by atoms with Gasteiger partial charge < -0.3 is 4.74 Å². The molecule has 0 spiro atoms. The lowest BCUT2D eigenvalue weighted by Gasteiger charge is -2.11. The van der Waals surface area contributed by atoms with Crippen LogP contribution in [-0.2, 0) is 15.7 Å². The van der Waals surface area contributed by atoms with E-state index in [1.54, 1.807) is 0 Å². The first kappa shape index (κ1) is 15.4. The number of nitro groups is 1. The van der Waals surface area contributed by atoms with Crippen LogP contribution in [0, 0.1) is 21.4 Å². The maximum Gasteiger partial charge on any atom is 0.416 e. The largest absolute Gasteiger partial charge is 0.468 e. The van der Waals surface area contributed by atoms with Crippen molar-refractivity contribution in [3.05, 3.63) is 39.4 Å². The number of ether oxygens (including phenoxy) is 1. The second-order valence-electron chi connectivity index (χ2n) is 3.61. The second-order valence-corrected chi connectivity index (χ2v) is 3.61. The molecule has 0 saturated heterocycles. The number of carbonyl (C=O) groups is 1.